The number of allylic oxidation sites excluding steroid dienone is 2. The minimum Gasteiger partial charge on any atom is -0.448 e. The van der Waals surface area contributed by atoms with Crippen molar-refractivity contribution in [2.45, 2.75) is 104 Å². The molecule has 3 atom stereocenters. The highest BCUT2D eigenvalue weighted by Crippen LogP contribution is 2.18. The molecule has 0 radical (unpaired) electrons. The van der Waals surface area contributed by atoms with E-state index in [4.69, 9.17) is 9.47 Å². The van der Waals surface area contributed by atoms with Crippen molar-refractivity contribution in [1.82, 2.24) is 10.3 Å². The van der Waals surface area contributed by atoms with Crippen molar-refractivity contribution < 1.29 is 29.0 Å². The van der Waals surface area contributed by atoms with Crippen molar-refractivity contribution >= 4 is 45.1 Å². The largest absolute Gasteiger partial charge is 0.448 e. The van der Waals surface area contributed by atoms with Crippen molar-refractivity contribution in [3.8, 4) is 11.8 Å². The highest BCUT2D eigenvalue weighted by atomic mass is 79.9. The minimum atomic E-state index is -0.648. The van der Waals surface area contributed by atoms with Crippen LogP contribution in [0.4, 0.5) is 4.79 Å². The van der Waals surface area contributed by atoms with Crippen molar-refractivity contribution in [3.05, 3.63) is 38.3 Å². The van der Waals surface area contributed by atoms with E-state index >= 15 is 0 Å². The zero-order chi connectivity index (χ0) is 28.9. The summed E-state index contributed by atoms with van der Waals surface area (Å²) in [7, 11) is 0. The Hall–Kier alpha value is -2.48. The number of carbonyl (C=O) groups excluding carboxylic acids is 3. The Labute approximate surface area is 238 Å². The van der Waals surface area contributed by atoms with Gasteiger partial charge < -0.3 is 19.9 Å². The number of carbonyl (C=O) groups is 3. The summed E-state index contributed by atoms with van der Waals surface area (Å²) < 4.78 is 11.6. The fraction of sp³-hybridized carbons (Fsp3) is 0.571. The van der Waals surface area contributed by atoms with Gasteiger partial charge >= 0.3 is 12.1 Å². The second-order valence-corrected chi connectivity index (χ2v) is 12.3. The van der Waals surface area contributed by atoms with Crippen molar-refractivity contribution in [1.29, 1.82) is 0 Å². The van der Waals surface area contributed by atoms with Crippen LogP contribution in [0.15, 0.2) is 27.6 Å². The van der Waals surface area contributed by atoms with Crippen molar-refractivity contribution in [2.24, 2.45) is 0 Å². The van der Waals surface area contributed by atoms with Crippen molar-refractivity contribution in [2.75, 3.05) is 0 Å². The number of aliphatic hydroxyl groups is 1. The van der Waals surface area contributed by atoms with E-state index in [1.54, 1.807) is 39.8 Å². The second-order valence-electron chi connectivity index (χ2n) is 10.1. The Morgan fingerprint density at radius 3 is 2.53 bits per heavy atom. The first-order valence-electron chi connectivity index (χ1n) is 12.5. The number of hydrogen-bond acceptors (Lipinski definition) is 8. The summed E-state index contributed by atoms with van der Waals surface area (Å²) in [5.74, 6) is 4.36. The number of ether oxygens (including phenoxy) is 2. The molecule has 8 nitrogen and oxygen atoms in total. The zero-order valence-corrected chi connectivity index (χ0v) is 25.6. The lowest BCUT2D eigenvalue weighted by Gasteiger charge is -2.22. The summed E-state index contributed by atoms with van der Waals surface area (Å²) in [5.41, 5.74) is 1.10. The molecule has 0 fully saturated rings. The van der Waals surface area contributed by atoms with E-state index in [0.29, 0.717) is 32.1 Å². The molecule has 0 bridgehead atoms. The summed E-state index contributed by atoms with van der Waals surface area (Å²) in [6.45, 7) is 12.1. The molecule has 1 amide bonds. The summed E-state index contributed by atoms with van der Waals surface area (Å²) in [4.78, 5) is 40.9. The van der Waals surface area contributed by atoms with Gasteiger partial charge in [0.05, 0.1) is 22.8 Å². The molecule has 0 spiro atoms. The smallest absolute Gasteiger partial charge is 0.408 e. The molecule has 1 aromatic heterocycles. The Morgan fingerprint density at radius 2 is 1.95 bits per heavy atom. The highest BCUT2D eigenvalue weighted by Gasteiger charge is 2.22. The molecule has 210 valence electrons. The monoisotopic (exact) mass is 610 g/mol. The van der Waals surface area contributed by atoms with E-state index in [9.17, 15) is 19.5 Å². The van der Waals surface area contributed by atoms with E-state index in [1.165, 1.54) is 18.3 Å². The third-order valence-corrected chi connectivity index (χ3v) is 6.05. The van der Waals surface area contributed by atoms with E-state index in [1.807, 2.05) is 19.2 Å². The van der Waals surface area contributed by atoms with Crippen molar-refractivity contribution in [3.63, 3.8) is 0 Å². The van der Waals surface area contributed by atoms with E-state index in [2.05, 4.69) is 38.1 Å². The molecule has 1 aromatic rings. The lowest BCUT2D eigenvalue weighted by Crippen LogP contribution is -2.42. The van der Waals surface area contributed by atoms with Gasteiger partial charge in [0.25, 0.3) is 0 Å². The van der Waals surface area contributed by atoms with E-state index in [-0.39, 0.29) is 5.78 Å². The Morgan fingerprint density at radius 1 is 1.26 bits per heavy atom. The highest BCUT2D eigenvalue weighted by molar-refractivity contribution is 9.11. The Bertz CT molecular complexity index is 1070. The number of aryl methyl sites for hydroxylation is 1. The number of nitrogens with zero attached hydrogens (tertiary/aromatic N) is 1. The van der Waals surface area contributed by atoms with Gasteiger partial charge in [-0.05, 0) is 90.8 Å². The minimum absolute atomic E-state index is 0.131. The maximum Gasteiger partial charge on any atom is 0.408 e. The van der Waals surface area contributed by atoms with Crippen LogP contribution in [0.2, 0.25) is 0 Å². The predicted molar refractivity (Wildman–Crippen MR) is 153 cm³/mol. The lowest BCUT2D eigenvalue weighted by molar-refractivity contribution is -0.139. The topological polar surface area (TPSA) is 115 Å². The van der Waals surface area contributed by atoms with Crippen LogP contribution >= 0.6 is 27.3 Å². The number of rotatable bonds is 12. The molecule has 0 aliphatic rings. The number of amides is 1. The molecule has 0 saturated heterocycles. The van der Waals surface area contributed by atoms with Gasteiger partial charge in [-0.1, -0.05) is 27.4 Å². The molecule has 0 aliphatic carbocycles. The van der Waals surface area contributed by atoms with Gasteiger partial charge in [0.15, 0.2) is 5.78 Å². The first kappa shape index (κ1) is 33.5. The number of thiazole rings is 1. The number of aliphatic hydroxyl groups excluding tert-OH is 1. The average molecular weight is 612 g/mol. The molecule has 0 aliphatic heterocycles. The van der Waals surface area contributed by atoms with Gasteiger partial charge in [-0.15, -0.1) is 11.3 Å². The van der Waals surface area contributed by atoms with Crippen LogP contribution in [0, 0.1) is 11.8 Å². The maximum atomic E-state index is 12.2. The van der Waals surface area contributed by atoms with Gasteiger partial charge in [-0.3, -0.25) is 4.79 Å². The lowest BCUT2D eigenvalue weighted by atomic mass is 10.1. The van der Waals surface area contributed by atoms with Crippen LogP contribution in [0.5, 0.6) is 0 Å². The number of aromatic nitrogens is 1. The molecule has 0 saturated carbocycles. The van der Waals surface area contributed by atoms with Gasteiger partial charge in [-0.25, -0.2) is 14.6 Å². The molecule has 1 rings (SSSR count). The van der Waals surface area contributed by atoms with E-state index < -0.39 is 35.9 Å². The summed E-state index contributed by atoms with van der Waals surface area (Å²) >= 11 is 4.86. The summed E-state index contributed by atoms with van der Waals surface area (Å²) in [5, 5.41) is 14.8. The van der Waals surface area contributed by atoms with Crippen LogP contribution in [0.1, 0.15) is 78.4 Å². The number of alkyl carbamates (subject to hydrolysis) is 1. The second kappa shape index (κ2) is 16.5. The number of esters is 1. The third-order valence-electron chi connectivity index (χ3n) is 4.87. The van der Waals surface area contributed by atoms with Crippen LogP contribution in [-0.2, 0) is 31.9 Å². The van der Waals surface area contributed by atoms with Crippen LogP contribution in [0.3, 0.4) is 0 Å². The van der Waals surface area contributed by atoms with Crippen LogP contribution in [0.25, 0.3) is 0 Å². The number of nitrogens with one attached hydrogen (secondary N) is 1. The van der Waals surface area contributed by atoms with Crippen LogP contribution in [-0.4, -0.2) is 51.8 Å². The van der Waals surface area contributed by atoms with Gasteiger partial charge in [0.1, 0.15) is 11.7 Å². The van der Waals surface area contributed by atoms with Crippen LogP contribution < -0.4 is 5.32 Å². The first-order chi connectivity index (χ1) is 17.6. The predicted octanol–water partition coefficient (Wildman–Crippen LogP) is 5.42. The van der Waals surface area contributed by atoms with Gasteiger partial charge in [0, 0.05) is 17.7 Å². The fourth-order valence-electron chi connectivity index (χ4n) is 3.34. The summed E-state index contributed by atoms with van der Waals surface area (Å²) in [6, 6.07) is -0.620. The van der Waals surface area contributed by atoms with Gasteiger partial charge in [-0.2, -0.15) is 0 Å². The molecular weight excluding hydrogens is 572 g/mol. The number of hydrogen-bond donors (Lipinski definition) is 2. The molecule has 1 heterocycles. The quantitative estimate of drug-likeness (QED) is 0.184. The Kier molecular flexibility index (Phi) is 14.5. The molecule has 10 heteroatoms. The number of halogens is 1. The Balaban J connectivity index is 2.70. The maximum absolute atomic E-state index is 12.2. The summed E-state index contributed by atoms with van der Waals surface area (Å²) in [6.07, 6.45) is 4.40. The number of ketones is 1. The zero-order valence-electron chi connectivity index (χ0n) is 23.2. The fourth-order valence-corrected chi connectivity index (χ4v) is 4.51. The molecule has 0 aromatic carbocycles. The van der Waals surface area contributed by atoms with E-state index in [0.717, 1.165) is 20.8 Å². The molecule has 2 N–H and O–H groups in total. The number of Topliss-reactive ketones (excluding diaryl/α,β-unsaturated/α-hetero) is 1. The standard InChI is InChI=1S/C28H39BrN2O6S/c1-18(14-20(3)32)10-8-13-26(34)36-23(15-19(2)29)16-25-30-22(17-38-25)11-9-12-24(21(4)33)31-27(35)37-28(5,6)7/h10,15,17,20,23-24,32H,9,11-12,14,16H2,1-7H3,(H,31,35)/b18-10+,19-15+/t20-,23+,24+/m0/s1. The first-order valence-corrected chi connectivity index (χ1v) is 14.1. The molecular formula is C28H39BrN2O6S. The molecule has 38 heavy (non-hydrogen) atoms. The SMILES string of the molecule is CC(=O)[C@@H](CCCc1csc(C[C@@H](/C=C(\C)Br)OC(=O)C#C/C=C(\C)C[C@H](C)O)n1)NC(=O)OC(C)(C)C. The third kappa shape index (κ3) is 15.7. The normalized spacial score (nSPS) is 14.6. The molecule has 0 unspecified atom stereocenters. The average Bonchev–Trinajstić information content (AvgIpc) is 3.17. The van der Waals surface area contributed by atoms with Gasteiger partial charge in [0.2, 0.25) is 0 Å².